The van der Waals surface area contributed by atoms with Crippen LogP contribution < -0.4 is 19.5 Å². The number of amides is 1. The predicted molar refractivity (Wildman–Crippen MR) is 138 cm³/mol. The first-order valence-corrected chi connectivity index (χ1v) is 12.8. The zero-order valence-electron chi connectivity index (χ0n) is 22.1. The zero-order valence-corrected chi connectivity index (χ0v) is 22.1. The van der Waals surface area contributed by atoms with Gasteiger partial charge in [0.25, 0.3) is 5.91 Å². The number of rotatable bonds is 12. The van der Waals surface area contributed by atoms with Crippen molar-refractivity contribution in [1.82, 2.24) is 4.90 Å². The summed E-state index contributed by atoms with van der Waals surface area (Å²) in [5.41, 5.74) is 2.05. The van der Waals surface area contributed by atoms with E-state index >= 15 is 0 Å². The molecule has 0 spiro atoms. The normalized spacial score (nSPS) is 17.2. The fourth-order valence-electron chi connectivity index (χ4n) is 4.60. The van der Waals surface area contributed by atoms with E-state index in [1.807, 2.05) is 32.0 Å². The second kappa shape index (κ2) is 12.6. The summed E-state index contributed by atoms with van der Waals surface area (Å²) in [7, 11) is 1.55. The van der Waals surface area contributed by atoms with Gasteiger partial charge in [0.1, 0.15) is 0 Å². The molecule has 36 heavy (non-hydrogen) atoms. The molecule has 2 aromatic carbocycles. The lowest BCUT2D eigenvalue weighted by atomic mass is 9.94. The molecule has 0 bridgehead atoms. The second-order valence-electron chi connectivity index (χ2n) is 9.16. The number of nitrogens with zero attached hydrogens (tertiary/aromatic N) is 1. The number of hydrogen-bond acceptors (Lipinski definition) is 5. The first kappa shape index (κ1) is 27.3. The Balaban J connectivity index is 2.07. The van der Waals surface area contributed by atoms with Crippen molar-refractivity contribution in [3.05, 3.63) is 64.7 Å². The van der Waals surface area contributed by atoms with Gasteiger partial charge in [-0.3, -0.25) is 9.59 Å². The van der Waals surface area contributed by atoms with Gasteiger partial charge in [0.2, 0.25) is 5.78 Å². The molecule has 1 atom stereocenters. The van der Waals surface area contributed by atoms with Crippen LogP contribution in [0.2, 0.25) is 0 Å². The molecule has 1 fully saturated rings. The number of likely N-dealkylation sites (tertiary alicyclic amines) is 1. The third-order valence-corrected chi connectivity index (χ3v) is 6.74. The Morgan fingerprint density at radius 3 is 2.33 bits per heavy atom. The number of carbonyl (C=O) groups excluding carboxylic acids is 2. The Morgan fingerprint density at radius 2 is 1.72 bits per heavy atom. The summed E-state index contributed by atoms with van der Waals surface area (Å²) < 4.78 is 11.3. The highest BCUT2D eigenvalue weighted by Gasteiger charge is 2.44. The van der Waals surface area contributed by atoms with Crippen LogP contribution in [0, 0.1) is 6.92 Å². The summed E-state index contributed by atoms with van der Waals surface area (Å²) in [5.74, 6) is -0.689. The van der Waals surface area contributed by atoms with Crippen LogP contribution in [0.4, 0.5) is 0 Å². The summed E-state index contributed by atoms with van der Waals surface area (Å²) in [6.45, 7) is 12.0. The highest BCUT2D eigenvalue weighted by molar-refractivity contribution is 6.46. The van der Waals surface area contributed by atoms with E-state index in [-0.39, 0.29) is 5.57 Å². The highest BCUT2D eigenvalue weighted by atomic mass is 16.5. The molecule has 2 aromatic rings. The molecule has 0 aromatic heterocycles. The van der Waals surface area contributed by atoms with E-state index in [2.05, 4.69) is 13.8 Å². The van der Waals surface area contributed by atoms with Gasteiger partial charge in [0.05, 0.1) is 39.4 Å². The fourth-order valence-corrected chi connectivity index (χ4v) is 4.60. The van der Waals surface area contributed by atoms with E-state index < -0.39 is 23.5 Å². The Kier molecular flexibility index (Phi) is 9.53. The van der Waals surface area contributed by atoms with Crippen molar-refractivity contribution in [3.63, 3.8) is 0 Å². The third-order valence-electron chi connectivity index (χ3n) is 6.74. The molecule has 3 rings (SSSR count). The first-order valence-electron chi connectivity index (χ1n) is 12.8. The molecule has 1 heterocycles. The van der Waals surface area contributed by atoms with E-state index in [0.717, 1.165) is 38.0 Å². The van der Waals surface area contributed by atoms with Crippen LogP contribution in [-0.4, -0.2) is 56.5 Å². The molecule has 1 saturated heterocycles. The van der Waals surface area contributed by atoms with Crippen molar-refractivity contribution in [2.75, 3.05) is 39.9 Å². The summed E-state index contributed by atoms with van der Waals surface area (Å²) in [6.07, 6.45) is 1.58. The number of hydrogen-bond donors (Lipinski definition) is 1. The van der Waals surface area contributed by atoms with Crippen LogP contribution in [0.15, 0.2) is 48.0 Å². The summed E-state index contributed by atoms with van der Waals surface area (Å²) in [4.78, 5) is 29.4. The fraction of sp³-hybridized carbons (Fsp3) is 0.448. The number of aryl methyl sites for hydroxylation is 1. The van der Waals surface area contributed by atoms with Crippen LogP contribution in [0.25, 0.3) is 5.76 Å². The van der Waals surface area contributed by atoms with Crippen LogP contribution in [-0.2, 0) is 9.59 Å². The lowest BCUT2D eigenvalue weighted by molar-refractivity contribution is -0.896. The molecule has 7 nitrogen and oxygen atoms in total. The maximum Gasteiger partial charge on any atom is 0.295 e. The minimum atomic E-state index is -0.778. The van der Waals surface area contributed by atoms with Crippen molar-refractivity contribution in [2.45, 2.75) is 46.6 Å². The van der Waals surface area contributed by atoms with E-state index in [1.54, 1.807) is 36.3 Å². The van der Waals surface area contributed by atoms with Crippen LogP contribution in [0.1, 0.15) is 56.3 Å². The molecule has 1 N–H and O–H groups in total. The number of quaternary nitrogens is 1. The third kappa shape index (κ3) is 5.90. The van der Waals surface area contributed by atoms with Gasteiger partial charge in [-0.25, -0.2) is 0 Å². The molecule has 1 unspecified atom stereocenters. The quantitative estimate of drug-likeness (QED) is 0.278. The lowest BCUT2D eigenvalue weighted by Crippen LogP contribution is -3.11. The van der Waals surface area contributed by atoms with E-state index in [9.17, 15) is 14.7 Å². The highest BCUT2D eigenvalue weighted by Crippen LogP contribution is 2.41. The molecule has 1 amide bonds. The van der Waals surface area contributed by atoms with Gasteiger partial charge in [-0.2, -0.15) is 0 Å². The van der Waals surface area contributed by atoms with Crippen molar-refractivity contribution >= 4 is 17.4 Å². The Bertz CT molecular complexity index is 1090. The van der Waals surface area contributed by atoms with E-state index in [0.29, 0.717) is 35.8 Å². The molecular formula is C29H38N2O5. The van der Waals surface area contributed by atoms with Crippen molar-refractivity contribution in [3.8, 4) is 11.5 Å². The van der Waals surface area contributed by atoms with Gasteiger partial charge >= 0.3 is 0 Å². The molecule has 1 aliphatic rings. The van der Waals surface area contributed by atoms with Crippen LogP contribution >= 0.6 is 0 Å². The monoisotopic (exact) mass is 494 g/mol. The van der Waals surface area contributed by atoms with Crippen molar-refractivity contribution in [1.29, 1.82) is 0 Å². The summed E-state index contributed by atoms with van der Waals surface area (Å²) in [5, 5.41) is 13.6. The minimum absolute atomic E-state index is 0.0108. The molecule has 194 valence electrons. The average Bonchev–Trinajstić information content (AvgIpc) is 3.14. The van der Waals surface area contributed by atoms with E-state index in [4.69, 9.17) is 9.47 Å². The number of carbonyl (C=O) groups is 2. The summed E-state index contributed by atoms with van der Waals surface area (Å²) in [6, 6.07) is 11.7. The van der Waals surface area contributed by atoms with Crippen molar-refractivity contribution in [2.24, 2.45) is 0 Å². The predicted octanol–water partition coefficient (Wildman–Crippen LogP) is 2.33. The lowest BCUT2D eigenvalue weighted by Gasteiger charge is -2.28. The summed E-state index contributed by atoms with van der Waals surface area (Å²) >= 11 is 0. The standard InChI is InChI=1S/C29H38N2O5/c1-6-18-36-23-15-14-22(19-24(23)35-5)26-25(27(32)21-12-10-20(4)11-13-21)28(33)29(34)31(26)17-9-16-30(7-2)8-3/h10-15,19,26,32H,6-9,16-18H2,1-5H3/b27-25+. The SMILES string of the molecule is CCCOc1ccc(C2/C(=C(\[O-])c3ccc(C)cc3)C(=O)C(=O)N2CCC[NH+](CC)CC)cc1OC. The molecule has 1 aliphatic heterocycles. The second-order valence-corrected chi connectivity index (χ2v) is 9.16. The van der Waals surface area contributed by atoms with Crippen LogP contribution in [0.3, 0.4) is 0 Å². The number of benzene rings is 2. The van der Waals surface area contributed by atoms with Crippen LogP contribution in [0.5, 0.6) is 11.5 Å². The van der Waals surface area contributed by atoms with Gasteiger partial charge in [0, 0.05) is 18.5 Å². The number of Topliss-reactive ketones (excluding diaryl/α,β-unsaturated/α-hetero) is 1. The Hall–Kier alpha value is -3.32. The molecular weight excluding hydrogens is 456 g/mol. The number of methoxy groups -OCH3 is 1. The largest absolute Gasteiger partial charge is 0.872 e. The maximum atomic E-state index is 13.6. The van der Waals surface area contributed by atoms with Gasteiger partial charge in [-0.15, -0.1) is 0 Å². The topological polar surface area (TPSA) is 83.3 Å². The minimum Gasteiger partial charge on any atom is -0.872 e. The average molecular weight is 495 g/mol. The molecule has 0 saturated carbocycles. The van der Waals surface area contributed by atoms with E-state index in [1.165, 1.54) is 4.90 Å². The number of nitrogens with one attached hydrogen (secondary N) is 1. The number of ketones is 1. The maximum absolute atomic E-state index is 13.6. The van der Waals surface area contributed by atoms with Gasteiger partial charge in [-0.1, -0.05) is 48.6 Å². The molecule has 7 heteroatoms. The smallest absolute Gasteiger partial charge is 0.295 e. The van der Waals surface area contributed by atoms with Gasteiger partial charge in [-0.05, 0) is 50.5 Å². The first-order chi connectivity index (χ1) is 17.4. The number of ether oxygens (including phenoxy) is 2. The van der Waals surface area contributed by atoms with Crippen molar-refractivity contribution < 1.29 is 29.1 Å². The Morgan fingerprint density at radius 1 is 1.03 bits per heavy atom. The molecule has 0 aliphatic carbocycles. The van der Waals surface area contributed by atoms with Gasteiger partial charge < -0.3 is 24.4 Å². The molecule has 0 radical (unpaired) electrons. The zero-order chi connectivity index (χ0) is 26.2. The Labute approximate surface area is 214 Å². The van der Waals surface area contributed by atoms with Gasteiger partial charge in [0.15, 0.2) is 11.5 Å².